The van der Waals surface area contributed by atoms with Gasteiger partial charge in [0.2, 0.25) is 0 Å². The van der Waals surface area contributed by atoms with Crippen molar-refractivity contribution in [3.63, 3.8) is 0 Å². The van der Waals surface area contributed by atoms with Gasteiger partial charge in [-0.15, -0.1) is 0 Å². The second-order valence-electron chi connectivity index (χ2n) is 4.87. The molecular weight excluding hydrogens is 260 g/mol. The average Bonchev–Trinajstić information content (AvgIpc) is 3.18. The Labute approximate surface area is 117 Å². The van der Waals surface area contributed by atoms with E-state index in [0.29, 0.717) is 31.6 Å². The fourth-order valence-corrected chi connectivity index (χ4v) is 1.96. The third-order valence-corrected chi connectivity index (χ3v) is 3.35. The fourth-order valence-electron chi connectivity index (χ4n) is 1.96. The molecule has 0 saturated heterocycles. The van der Waals surface area contributed by atoms with E-state index in [1.54, 1.807) is 13.2 Å². The van der Waals surface area contributed by atoms with Gasteiger partial charge in [-0.25, -0.2) is 9.59 Å². The van der Waals surface area contributed by atoms with Crippen LogP contribution in [0.25, 0.3) is 0 Å². The second-order valence-corrected chi connectivity index (χ2v) is 4.87. The van der Waals surface area contributed by atoms with Gasteiger partial charge in [-0.3, -0.25) is 0 Å². The number of anilines is 1. The molecule has 0 aromatic heterocycles. The first-order valence-electron chi connectivity index (χ1n) is 6.47. The summed E-state index contributed by atoms with van der Waals surface area (Å²) in [6.07, 6.45) is 1.62. The van der Waals surface area contributed by atoms with Gasteiger partial charge in [-0.2, -0.15) is 0 Å². The van der Waals surface area contributed by atoms with Crippen molar-refractivity contribution in [3.05, 3.63) is 29.8 Å². The summed E-state index contributed by atoms with van der Waals surface area (Å²) < 4.78 is 5.02. The van der Waals surface area contributed by atoms with E-state index in [1.807, 2.05) is 18.2 Å². The summed E-state index contributed by atoms with van der Waals surface area (Å²) in [5.41, 5.74) is 0.541. The van der Waals surface area contributed by atoms with Crippen LogP contribution in [-0.2, 0) is 16.0 Å². The smallest absolute Gasteiger partial charge is 0.329 e. The van der Waals surface area contributed by atoms with E-state index in [9.17, 15) is 9.59 Å². The molecule has 0 spiro atoms. The number of rotatable bonds is 6. The fraction of sp³-hybridized carbons (Fsp3) is 0.429. The number of ether oxygens (including phenoxy) is 1. The highest BCUT2D eigenvalue weighted by Gasteiger charge is 2.51. The van der Waals surface area contributed by atoms with Gasteiger partial charge in [0, 0.05) is 12.8 Å². The van der Waals surface area contributed by atoms with Crippen LogP contribution in [0.2, 0.25) is 0 Å². The zero-order valence-electron chi connectivity index (χ0n) is 11.3. The number of nitrogens with one attached hydrogen (secondary N) is 2. The van der Waals surface area contributed by atoms with Crippen molar-refractivity contribution in [1.29, 1.82) is 0 Å². The Morgan fingerprint density at radius 2 is 2.05 bits per heavy atom. The maximum atomic E-state index is 11.9. The van der Waals surface area contributed by atoms with Gasteiger partial charge in [-0.05, 0) is 30.9 Å². The van der Waals surface area contributed by atoms with E-state index in [2.05, 4.69) is 10.6 Å². The minimum atomic E-state index is -1.08. The number of aliphatic carboxylic acids is 1. The topological polar surface area (TPSA) is 87.7 Å². The van der Waals surface area contributed by atoms with Gasteiger partial charge in [0.1, 0.15) is 5.54 Å². The number of hydrogen-bond acceptors (Lipinski definition) is 3. The molecule has 1 saturated carbocycles. The molecule has 2 amide bonds. The molecule has 0 bridgehead atoms. The number of amides is 2. The highest BCUT2D eigenvalue weighted by Crippen LogP contribution is 2.35. The Kier molecular flexibility index (Phi) is 4.24. The lowest BCUT2D eigenvalue weighted by molar-refractivity contribution is -0.140. The van der Waals surface area contributed by atoms with Gasteiger partial charge in [0.05, 0.1) is 6.61 Å². The van der Waals surface area contributed by atoms with Crippen molar-refractivity contribution >= 4 is 17.7 Å². The number of carbonyl (C=O) groups excluding carboxylic acids is 1. The summed E-state index contributed by atoms with van der Waals surface area (Å²) in [4.78, 5) is 22.9. The normalized spacial score (nSPS) is 15.4. The second kappa shape index (κ2) is 5.92. The van der Waals surface area contributed by atoms with Crippen molar-refractivity contribution in [2.75, 3.05) is 19.0 Å². The highest BCUT2D eigenvalue weighted by molar-refractivity contribution is 5.95. The first kappa shape index (κ1) is 14.3. The van der Waals surface area contributed by atoms with E-state index >= 15 is 0 Å². The first-order chi connectivity index (χ1) is 9.57. The number of para-hydroxylation sites is 1. The standard InChI is InChI=1S/C14H18N2O4/c1-20-9-6-10-4-2-3-5-11(10)15-13(19)16-14(7-8-14)12(17)18/h2-5H,6-9H2,1H3,(H,17,18)(H2,15,16,19). The molecule has 1 aromatic rings. The molecule has 1 aliphatic carbocycles. The monoisotopic (exact) mass is 278 g/mol. The SMILES string of the molecule is COCCc1ccccc1NC(=O)NC1(C(=O)O)CC1. The van der Waals surface area contributed by atoms with Crippen molar-refractivity contribution in [2.24, 2.45) is 0 Å². The maximum absolute atomic E-state index is 11.9. The van der Waals surface area contributed by atoms with Crippen LogP contribution < -0.4 is 10.6 Å². The molecule has 1 aromatic carbocycles. The molecule has 0 unspecified atom stereocenters. The number of carboxylic acid groups (broad SMARTS) is 1. The van der Waals surface area contributed by atoms with Gasteiger partial charge in [0.15, 0.2) is 0 Å². The Morgan fingerprint density at radius 3 is 2.65 bits per heavy atom. The van der Waals surface area contributed by atoms with Crippen molar-refractivity contribution in [2.45, 2.75) is 24.8 Å². The van der Waals surface area contributed by atoms with Gasteiger partial charge in [0.25, 0.3) is 0 Å². The van der Waals surface area contributed by atoms with E-state index in [-0.39, 0.29) is 0 Å². The number of carboxylic acids is 1. The molecule has 20 heavy (non-hydrogen) atoms. The molecule has 1 aliphatic rings. The van der Waals surface area contributed by atoms with Crippen LogP contribution >= 0.6 is 0 Å². The summed E-state index contributed by atoms with van der Waals surface area (Å²) >= 11 is 0. The number of benzene rings is 1. The predicted octanol–water partition coefficient (Wildman–Crippen LogP) is 1.61. The van der Waals surface area contributed by atoms with Crippen LogP contribution in [0.4, 0.5) is 10.5 Å². The zero-order valence-corrected chi connectivity index (χ0v) is 11.3. The number of hydrogen-bond donors (Lipinski definition) is 3. The number of carbonyl (C=O) groups is 2. The van der Waals surface area contributed by atoms with Crippen LogP contribution in [-0.4, -0.2) is 36.4 Å². The van der Waals surface area contributed by atoms with Crippen LogP contribution in [0.1, 0.15) is 18.4 Å². The summed E-state index contributed by atoms with van der Waals surface area (Å²) in [5.74, 6) is -0.986. The Balaban J connectivity index is 1.99. The van der Waals surface area contributed by atoms with Gasteiger partial charge < -0.3 is 20.5 Å². The first-order valence-corrected chi connectivity index (χ1v) is 6.47. The third kappa shape index (κ3) is 3.27. The number of methoxy groups -OCH3 is 1. The summed E-state index contributed by atoms with van der Waals surface area (Å²) in [5, 5.41) is 14.2. The summed E-state index contributed by atoms with van der Waals surface area (Å²) in [7, 11) is 1.62. The van der Waals surface area contributed by atoms with Crippen molar-refractivity contribution in [3.8, 4) is 0 Å². The molecular formula is C14H18N2O4. The average molecular weight is 278 g/mol. The molecule has 3 N–H and O–H groups in total. The zero-order chi connectivity index (χ0) is 14.6. The van der Waals surface area contributed by atoms with E-state index in [4.69, 9.17) is 9.84 Å². The van der Waals surface area contributed by atoms with E-state index < -0.39 is 17.5 Å². The lowest BCUT2D eigenvalue weighted by Crippen LogP contribution is -2.45. The van der Waals surface area contributed by atoms with Gasteiger partial charge >= 0.3 is 12.0 Å². The molecule has 0 heterocycles. The lowest BCUT2D eigenvalue weighted by Gasteiger charge is -2.15. The third-order valence-electron chi connectivity index (χ3n) is 3.35. The van der Waals surface area contributed by atoms with Crippen molar-refractivity contribution in [1.82, 2.24) is 5.32 Å². The van der Waals surface area contributed by atoms with E-state index in [0.717, 1.165) is 5.56 Å². The maximum Gasteiger partial charge on any atom is 0.329 e. The summed E-state index contributed by atoms with van der Waals surface area (Å²) in [6, 6.07) is 6.89. The molecule has 6 heteroatoms. The van der Waals surface area contributed by atoms with Crippen LogP contribution in [0.5, 0.6) is 0 Å². The predicted molar refractivity (Wildman–Crippen MR) is 73.8 cm³/mol. The molecule has 6 nitrogen and oxygen atoms in total. The largest absolute Gasteiger partial charge is 0.480 e. The highest BCUT2D eigenvalue weighted by atomic mass is 16.5. The molecule has 0 radical (unpaired) electrons. The Morgan fingerprint density at radius 1 is 1.35 bits per heavy atom. The molecule has 108 valence electrons. The van der Waals surface area contributed by atoms with Crippen LogP contribution in [0, 0.1) is 0 Å². The van der Waals surface area contributed by atoms with Crippen LogP contribution in [0.3, 0.4) is 0 Å². The van der Waals surface area contributed by atoms with Crippen molar-refractivity contribution < 1.29 is 19.4 Å². The quantitative estimate of drug-likeness (QED) is 0.737. The molecule has 2 rings (SSSR count). The van der Waals surface area contributed by atoms with Gasteiger partial charge in [-0.1, -0.05) is 18.2 Å². The molecule has 0 aliphatic heterocycles. The number of urea groups is 1. The summed E-state index contributed by atoms with van der Waals surface area (Å²) in [6.45, 7) is 0.555. The van der Waals surface area contributed by atoms with E-state index in [1.165, 1.54) is 0 Å². The molecule has 1 fully saturated rings. The Hall–Kier alpha value is -2.08. The minimum Gasteiger partial charge on any atom is -0.480 e. The Bertz CT molecular complexity index is 512. The lowest BCUT2D eigenvalue weighted by atomic mass is 10.1. The molecule has 0 atom stereocenters. The van der Waals surface area contributed by atoms with Crippen LogP contribution in [0.15, 0.2) is 24.3 Å². The minimum absolute atomic E-state index is 0.473.